The Hall–Kier alpha value is -3.64. The van der Waals surface area contributed by atoms with E-state index in [0.29, 0.717) is 12.1 Å². The SMILES string of the molecule is NC1(c2ccc(-c3nc4nc(CCCCN5CCCC5=O)ncc4cc3-c3ccccc3)cc2)CCC1. The van der Waals surface area contributed by atoms with Crippen molar-refractivity contribution >= 4 is 16.9 Å². The smallest absolute Gasteiger partial charge is 0.222 e. The molecule has 1 aliphatic heterocycles. The van der Waals surface area contributed by atoms with Gasteiger partial charge in [0, 0.05) is 54.2 Å². The Bertz CT molecular complexity index is 1410. The highest BCUT2D eigenvalue weighted by Crippen LogP contribution is 2.40. The largest absolute Gasteiger partial charge is 0.343 e. The van der Waals surface area contributed by atoms with Crippen molar-refractivity contribution < 1.29 is 4.79 Å². The number of amides is 1. The predicted octanol–water partition coefficient (Wildman–Crippen LogP) is 5.64. The molecule has 1 aliphatic carbocycles. The number of nitrogens with two attached hydrogens (primary N) is 1. The van der Waals surface area contributed by atoms with Gasteiger partial charge in [0.2, 0.25) is 5.91 Å². The molecule has 2 fully saturated rings. The van der Waals surface area contributed by atoms with Gasteiger partial charge >= 0.3 is 0 Å². The van der Waals surface area contributed by atoms with Crippen molar-refractivity contribution in [3.05, 3.63) is 78.2 Å². The minimum absolute atomic E-state index is 0.179. The lowest BCUT2D eigenvalue weighted by atomic mass is 9.72. The topological polar surface area (TPSA) is 85.0 Å². The van der Waals surface area contributed by atoms with Crippen LogP contribution < -0.4 is 5.73 Å². The van der Waals surface area contributed by atoms with E-state index in [9.17, 15) is 4.79 Å². The monoisotopic (exact) mass is 491 g/mol. The molecule has 2 N–H and O–H groups in total. The molecular weight excluding hydrogens is 458 g/mol. The number of aryl methyl sites for hydroxylation is 1. The molecule has 3 heterocycles. The number of aromatic nitrogens is 3. The molecule has 0 radical (unpaired) electrons. The Kier molecular flexibility index (Phi) is 6.43. The van der Waals surface area contributed by atoms with Crippen molar-refractivity contribution in [1.82, 2.24) is 19.9 Å². The lowest BCUT2D eigenvalue weighted by molar-refractivity contribution is -0.127. The average Bonchev–Trinajstić information content (AvgIpc) is 3.34. The average molecular weight is 492 g/mol. The van der Waals surface area contributed by atoms with Crippen LogP contribution in [0.1, 0.15) is 56.3 Å². The minimum Gasteiger partial charge on any atom is -0.343 e. The molecule has 2 aromatic heterocycles. The number of unbranched alkanes of at least 4 members (excludes halogenated alkanes) is 1. The van der Waals surface area contributed by atoms with Gasteiger partial charge < -0.3 is 10.6 Å². The van der Waals surface area contributed by atoms with Crippen LogP contribution in [-0.4, -0.2) is 38.8 Å². The van der Waals surface area contributed by atoms with Gasteiger partial charge in [0.05, 0.1) is 5.69 Å². The third kappa shape index (κ3) is 4.86. The van der Waals surface area contributed by atoms with E-state index >= 15 is 0 Å². The Morgan fingerprint density at radius 3 is 2.43 bits per heavy atom. The van der Waals surface area contributed by atoms with Crippen molar-refractivity contribution in [2.45, 2.75) is 56.9 Å². The van der Waals surface area contributed by atoms with Crippen LogP contribution in [0.25, 0.3) is 33.4 Å². The zero-order chi connectivity index (χ0) is 25.2. The molecule has 6 heteroatoms. The van der Waals surface area contributed by atoms with Gasteiger partial charge in [-0.05, 0) is 55.7 Å². The zero-order valence-corrected chi connectivity index (χ0v) is 21.2. The second-order valence-corrected chi connectivity index (χ2v) is 10.5. The summed E-state index contributed by atoms with van der Waals surface area (Å²) in [5, 5.41) is 0.931. The summed E-state index contributed by atoms with van der Waals surface area (Å²) in [5.74, 6) is 1.09. The van der Waals surface area contributed by atoms with E-state index in [4.69, 9.17) is 15.7 Å². The van der Waals surface area contributed by atoms with Gasteiger partial charge in [-0.3, -0.25) is 4.79 Å². The number of hydrogen-bond donors (Lipinski definition) is 1. The molecule has 1 saturated heterocycles. The number of hydrogen-bond acceptors (Lipinski definition) is 5. The fraction of sp³-hybridized carbons (Fsp3) is 0.355. The van der Waals surface area contributed by atoms with Gasteiger partial charge in [-0.15, -0.1) is 0 Å². The summed E-state index contributed by atoms with van der Waals surface area (Å²) in [4.78, 5) is 28.4. The lowest BCUT2D eigenvalue weighted by Gasteiger charge is -2.38. The summed E-state index contributed by atoms with van der Waals surface area (Å²) in [6.45, 7) is 1.73. The van der Waals surface area contributed by atoms with Crippen molar-refractivity contribution in [1.29, 1.82) is 0 Å². The molecule has 188 valence electrons. The Morgan fingerprint density at radius 1 is 0.919 bits per heavy atom. The van der Waals surface area contributed by atoms with Gasteiger partial charge in [0.15, 0.2) is 5.65 Å². The fourth-order valence-electron chi connectivity index (χ4n) is 5.51. The van der Waals surface area contributed by atoms with Crippen LogP contribution in [0.4, 0.5) is 0 Å². The number of nitrogens with zero attached hydrogens (tertiary/aromatic N) is 4. The van der Waals surface area contributed by atoms with Gasteiger partial charge in [-0.1, -0.05) is 54.6 Å². The van der Waals surface area contributed by atoms with Crippen LogP contribution in [-0.2, 0) is 16.8 Å². The summed E-state index contributed by atoms with van der Waals surface area (Å²) in [7, 11) is 0. The van der Waals surface area contributed by atoms with Crippen molar-refractivity contribution in [2.75, 3.05) is 13.1 Å². The molecule has 0 bridgehead atoms. The van der Waals surface area contributed by atoms with Crippen LogP contribution in [0.5, 0.6) is 0 Å². The number of carbonyl (C=O) groups excluding carboxylic acids is 1. The first-order valence-electron chi connectivity index (χ1n) is 13.5. The maximum atomic E-state index is 11.8. The summed E-state index contributed by atoms with van der Waals surface area (Å²) in [5.41, 5.74) is 12.5. The number of rotatable bonds is 8. The first kappa shape index (κ1) is 23.7. The molecule has 0 spiro atoms. The second-order valence-electron chi connectivity index (χ2n) is 10.5. The second kappa shape index (κ2) is 10.0. The molecule has 1 saturated carbocycles. The van der Waals surface area contributed by atoms with E-state index in [1.807, 2.05) is 17.2 Å². The lowest BCUT2D eigenvalue weighted by Crippen LogP contribution is -2.43. The van der Waals surface area contributed by atoms with E-state index in [-0.39, 0.29) is 11.4 Å². The highest BCUT2D eigenvalue weighted by Gasteiger charge is 2.34. The highest BCUT2D eigenvalue weighted by atomic mass is 16.2. The number of fused-ring (bicyclic) bond motifs is 1. The van der Waals surface area contributed by atoms with Crippen molar-refractivity contribution in [3.8, 4) is 22.4 Å². The van der Waals surface area contributed by atoms with Gasteiger partial charge in [0.1, 0.15) is 5.82 Å². The van der Waals surface area contributed by atoms with Gasteiger partial charge in [-0.2, -0.15) is 0 Å². The Morgan fingerprint density at radius 2 is 1.73 bits per heavy atom. The van der Waals surface area contributed by atoms with E-state index in [0.717, 1.165) is 85.2 Å². The normalized spacial score (nSPS) is 16.8. The maximum absolute atomic E-state index is 11.8. The van der Waals surface area contributed by atoms with E-state index < -0.39 is 0 Å². The Balaban J connectivity index is 1.28. The van der Waals surface area contributed by atoms with E-state index in [2.05, 4.69) is 59.6 Å². The van der Waals surface area contributed by atoms with Gasteiger partial charge in [-0.25, -0.2) is 15.0 Å². The number of carbonyl (C=O) groups is 1. The molecule has 4 aromatic rings. The van der Waals surface area contributed by atoms with Gasteiger partial charge in [0.25, 0.3) is 0 Å². The third-order valence-electron chi connectivity index (χ3n) is 7.93. The summed E-state index contributed by atoms with van der Waals surface area (Å²) in [6, 6.07) is 21.1. The fourth-order valence-corrected chi connectivity index (χ4v) is 5.51. The van der Waals surface area contributed by atoms with Crippen molar-refractivity contribution in [3.63, 3.8) is 0 Å². The first-order chi connectivity index (χ1) is 18.1. The number of likely N-dealkylation sites (tertiary alicyclic amines) is 1. The molecule has 6 rings (SSSR count). The van der Waals surface area contributed by atoms with E-state index in [1.54, 1.807) is 0 Å². The molecule has 0 unspecified atom stereocenters. The molecule has 1 amide bonds. The van der Waals surface area contributed by atoms with Crippen LogP contribution in [0.2, 0.25) is 0 Å². The van der Waals surface area contributed by atoms with Crippen LogP contribution in [0.15, 0.2) is 66.9 Å². The molecular formula is C31H33N5O. The molecule has 0 atom stereocenters. The quantitative estimate of drug-likeness (QED) is 0.322. The molecule has 2 aliphatic rings. The molecule has 37 heavy (non-hydrogen) atoms. The number of benzene rings is 2. The van der Waals surface area contributed by atoms with E-state index in [1.165, 1.54) is 12.0 Å². The molecule has 6 nitrogen and oxygen atoms in total. The minimum atomic E-state index is -0.179. The van der Waals surface area contributed by atoms with Crippen molar-refractivity contribution in [2.24, 2.45) is 5.73 Å². The van der Waals surface area contributed by atoms with Crippen LogP contribution in [0.3, 0.4) is 0 Å². The predicted molar refractivity (Wildman–Crippen MR) is 147 cm³/mol. The standard InChI is InChI=1S/C31H33N5O/c32-31(16-7-17-31)25-14-12-23(13-15-25)29-26(22-8-2-1-3-9-22)20-24-21-33-27(34-30(24)35-29)10-4-5-18-36-19-6-11-28(36)37/h1-3,8-9,12-15,20-21H,4-7,10-11,16-19,32H2. The third-order valence-corrected chi connectivity index (χ3v) is 7.93. The Labute approximate surface area is 218 Å². The van der Waals surface area contributed by atoms with Crippen LogP contribution in [0, 0.1) is 0 Å². The molecule has 2 aromatic carbocycles. The maximum Gasteiger partial charge on any atom is 0.222 e. The first-order valence-corrected chi connectivity index (χ1v) is 13.5. The number of pyridine rings is 1. The van der Waals surface area contributed by atoms with Crippen LogP contribution >= 0.6 is 0 Å². The zero-order valence-electron chi connectivity index (χ0n) is 21.2. The summed E-state index contributed by atoms with van der Waals surface area (Å²) in [6.07, 6.45) is 9.56. The summed E-state index contributed by atoms with van der Waals surface area (Å²) < 4.78 is 0. The highest BCUT2D eigenvalue weighted by molar-refractivity contribution is 5.89. The summed E-state index contributed by atoms with van der Waals surface area (Å²) >= 11 is 0.